The molecule has 3 atom stereocenters. The lowest BCUT2D eigenvalue weighted by Crippen LogP contribution is -2.25. The minimum Gasteiger partial charge on any atom is -0.480 e. The Kier molecular flexibility index (Phi) is 8.71. The SMILES string of the molecule is CC1=C(c2cccc(OC3CCCCO3)c2)C(c2ccc(C=CCN)cc2)Oc2ccc(OC3CCCCO3)cc21. The third-order valence-electron chi connectivity index (χ3n) is 7.91. The van der Waals surface area contributed by atoms with Crippen LogP contribution in [-0.4, -0.2) is 32.3 Å². The van der Waals surface area contributed by atoms with E-state index in [1.54, 1.807) is 0 Å². The molecule has 0 amide bonds. The Morgan fingerprint density at radius 1 is 0.829 bits per heavy atom. The normalized spacial score (nSPS) is 22.7. The van der Waals surface area contributed by atoms with Crippen molar-refractivity contribution in [3.05, 3.63) is 95.1 Å². The third-order valence-corrected chi connectivity index (χ3v) is 7.91. The molecule has 3 aromatic carbocycles. The summed E-state index contributed by atoms with van der Waals surface area (Å²) in [5, 5.41) is 0. The van der Waals surface area contributed by atoms with E-state index in [0.717, 1.165) is 102 Å². The van der Waals surface area contributed by atoms with E-state index in [9.17, 15) is 0 Å². The average molecular weight is 554 g/mol. The van der Waals surface area contributed by atoms with E-state index in [1.165, 1.54) is 0 Å². The van der Waals surface area contributed by atoms with Crippen LogP contribution in [0.25, 0.3) is 17.2 Å². The van der Waals surface area contributed by atoms with Crippen LogP contribution in [0.2, 0.25) is 0 Å². The van der Waals surface area contributed by atoms with Gasteiger partial charge in [-0.15, -0.1) is 0 Å². The Bertz CT molecular complexity index is 1380. The lowest BCUT2D eigenvalue weighted by molar-refractivity contribution is -0.106. The molecule has 2 saturated heterocycles. The van der Waals surface area contributed by atoms with Crippen LogP contribution in [0.4, 0.5) is 0 Å². The predicted molar refractivity (Wildman–Crippen MR) is 162 cm³/mol. The second-order valence-corrected chi connectivity index (χ2v) is 10.9. The van der Waals surface area contributed by atoms with Crippen molar-refractivity contribution in [3.8, 4) is 17.2 Å². The Labute approximate surface area is 242 Å². The summed E-state index contributed by atoms with van der Waals surface area (Å²) in [5.41, 5.74) is 12.2. The maximum atomic E-state index is 6.76. The van der Waals surface area contributed by atoms with Crippen molar-refractivity contribution in [2.75, 3.05) is 19.8 Å². The van der Waals surface area contributed by atoms with E-state index in [4.69, 9.17) is 29.4 Å². The molecule has 214 valence electrons. The van der Waals surface area contributed by atoms with Gasteiger partial charge in [-0.1, -0.05) is 48.6 Å². The van der Waals surface area contributed by atoms with Crippen LogP contribution in [0.15, 0.2) is 72.8 Å². The van der Waals surface area contributed by atoms with Crippen LogP contribution in [0, 0.1) is 0 Å². The van der Waals surface area contributed by atoms with Crippen molar-refractivity contribution in [3.63, 3.8) is 0 Å². The maximum Gasteiger partial charge on any atom is 0.199 e. The molecule has 2 N–H and O–H groups in total. The van der Waals surface area contributed by atoms with Crippen molar-refractivity contribution in [1.29, 1.82) is 0 Å². The van der Waals surface area contributed by atoms with Crippen LogP contribution >= 0.6 is 0 Å². The van der Waals surface area contributed by atoms with Gasteiger partial charge in [-0.05, 0) is 85.2 Å². The molecule has 6 heteroatoms. The van der Waals surface area contributed by atoms with Gasteiger partial charge in [-0.25, -0.2) is 0 Å². The molecule has 0 aliphatic carbocycles. The first kappa shape index (κ1) is 27.6. The molecule has 3 heterocycles. The summed E-state index contributed by atoms with van der Waals surface area (Å²) in [5.74, 6) is 2.43. The average Bonchev–Trinajstić information content (AvgIpc) is 3.01. The van der Waals surface area contributed by atoms with Crippen molar-refractivity contribution in [1.82, 2.24) is 0 Å². The second-order valence-electron chi connectivity index (χ2n) is 10.9. The largest absolute Gasteiger partial charge is 0.480 e. The molecule has 3 unspecified atom stereocenters. The monoisotopic (exact) mass is 553 g/mol. The van der Waals surface area contributed by atoms with Gasteiger partial charge in [0, 0.05) is 30.5 Å². The van der Waals surface area contributed by atoms with E-state index in [2.05, 4.69) is 49.4 Å². The predicted octanol–water partition coefficient (Wildman–Crippen LogP) is 7.53. The fourth-order valence-corrected chi connectivity index (χ4v) is 5.74. The fraction of sp³-hybridized carbons (Fsp3) is 0.371. The minimum atomic E-state index is -0.287. The Balaban J connectivity index is 1.37. The zero-order valence-corrected chi connectivity index (χ0v) is 23.7. The Morgan fingerprint density at radius 3 is 2.20 bits per heavy atom. The summed E-state index contributed by atoms with van der Waals surface area (Å²) >= 11 is 0. The molecule has 6 nitrogen and oxygen atoms in total. The summed E-state index contributed by atoms with van der Waals surface area (Å²) in [6.07, 6.45) is 9.52. The highest BCUT2D eigenvalue weighted by Crippen LogP contribution is 2.48. The number of rotatable bonds is 8. The summed E-state index contributed by atoms with van der Waals surface area (Å²) in [6.45, 7) is 4.17. The highest BCUT2D eigenvalue weighted by molar-refractivity contribution is 5.96. The molecule has 3 aromatic rings. The third kappa shape index (κ3) is 6.51. The molecule has 0 spiro atoms. The number of fused-ring (bicyclic) bond motifs is 1. The highest BCUT2D eigenvalue weighted by Gasteiger charge is 2.30. The minimum absolute atomic E-state index is 0.203. The zero-order valence-electron chi connectivity index (χ0n) is 23.7. The summed E-state index contributed by atoms with van der Waals surface area (Å²) < 4.78 is 30.9. The standard InChI is InChI=1S/C35H39NO5/c1-24-30-23-29(40-33-12-3-5-21-38-33)17-18-31(30)41-35(26-15-13-25(14-16-26)8-7-19-36)34(24)27-9-6-10-28(22-27)39-32-11-2-4-20-37-32/h6-10,13-18,22-23,32-33,35H,2-5,11-12,19-21,36H2,1H3. The maximum absolute atomic E-state index is 6.76. The topological polar surface area (TPSA) is 72.2 Å². The van der Waals surface area contributed by atoms with Crippen LogP contribution in [-0.2, 0) is 9.47 Å². The van der Waals surface area contributed by atoms with Gasteiger partial charge in [0.25, 0.3) is 0 Å². The molecule has 0 saturated carbocycles. The van der Waals surface area contributed by atoms with E-state index in [-0.39, 0.29) is 18.7 Å². The van der Waals surface area contributed by atoms with Crippen LogP contribution in [0.5, 0.6) is 17.2 Å². The zero-order chi connectivity index (χ0) is 28.0. The second kappa shape index (κ2) is 12.9. The first-order valence-corrected chi connectivity index (χ1v) is 14.8. The van der Waals surface area contributed by atoms with Crippen molar-refractivity contribution >= 4 is 17.2 Å². The molecule has 0 radical (unpaired) electrons. The first-order valence-electron chi connectivity index (χ1n) is 14.8. The van der Waals surface area contributed by atoms with Gasteiger partial charge in [0.2, 0.25) is 0 Å². The molecule has 0 bridgehead atoms. The summed E-state index contributed by atoms with van der Waals surface area (Å²) in [7, 11) is 0. The van der Waals surface area contributed by atoms with Crippen molar-refractivity contribution < 1.29 is 23.7 Å². The van der Waals surface area contributed by atoms with Gasteiger partial charge < -0.3 is 29.4 Å². The van der Waals surface area contributed by atoms with E-state index in [0.29, 0.717) is 6.54 Å². The number of allylic oxidation sites excluding steroid dienone is 1. The molecule has 6 rings (SSSR count). The van der Waals surface area contributed by atoms with E-state index in [1.807, 2.05) is 36.4 Å². The Morgan fingerprint density at radius 2 is 1.54 bits per heavy atom. The molecule has 3 aliphatic rings. The summed E-state index contributed by atoms with van der Waals surface area (Å²) in [6, 6.07) is 22.8. The van der Waals surface area contributed by atoms with Gasteiger partial charge in [-0.3, -0.25) is 0 Å². The van der Waals surface area contributed by atoms with E-state index < -0.39 is 0 Å². The quantitative estimate of drug-likeness (QED) is 0.311. The first-order chi connectivity index (χ1) is 20.2. The molecule has 3 aliphatic heterocycles. The van der Waals surface area contributed by atoms with Crippen LogP contribution in [0.3, 0.4) is 0 Å². The van der Waals surface area contributed by atoms with Crippen LogP contribution < -0.4 is 19.9 Å². The lowest BCUT2D eigenvalue weighted by atomic mass is 9.86. The number of ether oxygens (including phenoxy) is 5. The molecule has 2 fully saturated rings. The van der Waals surface area contributed by atoms with Crippen molar-refractivity contribution in [2.45, 2.75) is 64.1 Å². The number of hydrogen-bond acceptors (Lipinski definition) is 6. The van der Waals surface area contributed by atoms with E-state index >= 15 is 0 Å². The molecule has 41 heavy (non-hydrogen) atoms. The number of benzene rings is 3. The smallest absolute Gasteiger partial charge is 0.199 e. The summed E-state index contributed by atoms with van der Waals surface area (Å²) in [4.78, 5) is 0. The van der Waals surface area contributed by atoms with Gasteiger partial charge in [0.15, 0.2) is 12.6 Å². The van der Waals surface area contributed by atoms with Gasteiger partial charge in [-0.2, -0.15) is 0 Å². The number of nitrogens with two attached hydrogens (primary N) is 1. The molecular formula is C35H39NO5. The van der Waals surface area contributed by atoms with Gasteiger partial charge >= 0.3 is 0 Å². The molecular weight excluding hydrogens is 514 g/mol. The highest BCUT2D eigenvalue weighted by atomic mass is 16.7. The fourth-order valence-electron chi connectivity index (χ4n) is 5.74. The van der Waals surface area contributed by atoms with Crippen molar-refractivity contribution in [2.24, 2.45) is 5.73 Å². The van der Waals surface area contributed by atoms with Gasteiger partial charge in [0.1, 0.15) is 23.4 Å². The lowest BCUT2D eigenvalue weighted by Gasteiger charge is -2.32. The number of hydrogen-bond donors (Lipinski definition) is 1. The Hall–Kier alpha value is -3.58. The van der Waals surface area contributed by atoms with Crippen LogP contribution in [0.1, 0.15) is 73.8 Å². The van der Waals surface area contributed by atoms with Gasteiger partial charge in [0.05, 0.1) is 13.2 Å². The molecule has 0 aromatic heterocycles.